The number of fused-ring (bicyclic) bond motifs is 2. The van der Waals surface area contributed by atoms with E-state index in [-0.39, 0.29) is 11.9 Å². The number of amides is 1. The van der Waals surface area contributed by atoms with Gasteiger partial charge in [0.1, 0.15) is 5.01 Å². The molecule has 2 aromatic heterocycles. The molecule has 2 aliphatic rings. The van der Waals surface area contributed by atoms with Crippen molar-refractivity contribution in [3.05, 3.63) is 45.2 Å². The highest BCUT2D eigenvalue weighted by Gasteiger charge is 2.33. The normalized spacial score (nSPS) is 18.5. The maximum absolute atomic E-state index is 12.5. The van der Waals surface area contributed by atoms with Crippen molar-refractivity contribution in [3.63, 3.8) is 0 Å². The fraction of sp³-hybridized carbons (Fsp3) is 0.438. The van der Waals surface area contributed by atoms with E-state index in [9.17, 15) is 4.79 Å². The average Bonchev–Trinajstić information content (AvgIpc) is 3.08. The Morgan fingerprint density at radius 3 is 2.95 bits per heavy atom. The molecule has 21 heavy (non-hydrogen) atoms. The lowest BCUT2D eigenvalue weighted by Gasteiger charge is -2.21. The average molecular weight is 299 g/mol. The van der Waals surface area contributed by atoms with Gasteiger partial charge in [0.2, 0.25) is 0 Å². The van der Waals surface area contributed by atoms with Crippen molar-refractivity contribution in [2.24, 2.45) is 0 Å². The molecule has 1 amide bonds. The molecule has 1 aliphatic carbocycles. The predicted molar refractivity (Wildman–Crippen MR) is 81.3 cm³/mol. The summed E-state index contributed by atoms with van der Waals surface area (Å²) in [5.74, 6) is 0.0822. The molecule has 2 aromatic rings. The molecule has 108 valence electrons. The molecule has 1 unspecified atom stereocenters. The summed E-state index contributed by atoms with van der Waals surface area (Å²) < 4.78 is 0. The highest BCUT2D eigenvalue weighted by molar-refractivity contribution is 7.11. The molecule has 0 saturated carbocycles. The van der Waals surface area contributed by atoms with Gasteiger partial charge in [0.05, 0.1) is 29.5 Å². The third-order valence-electron chi connectivity index (χ3n) is 4.39. The Morgan fingerprint density at radius 2 is 2.14 bits per heavy atom. The van der Waals surface area contributed by atoms with E-state index in [4.69, 9.17) is 4.98 Å². The van der Waals surface area contributed by atoms with Crippen LogP contribution in [0.25, 0.3) is 0 Å². The quantitative estimate of drug-likeness (QED) is 0.856. The molecular formula is C16H17N3OS. The summed E-state index contributed by atoms with van der Waals surface area (Å²) in [4.78, 5) is 24.9. The Bertz CT molecular complexity index is 686. The lowest BCUT2D eigenvalue weighted by molar-refractivity contribution is 0.0715. The summed E-state index contributed by atoms with van der Waals surface area (Å²) in [5, 5.41) is 1.07. The molecule has 0 fully saturated rings. The first kappa shape index (κ1) is 13.0. The van der Waals surface area contributed by atoms with E-state index in [2.05, 4.69) is 11.9 Å². The Labute approximate surface area is 127 Å². The molecule has 1 atom stereocenters. The zero-order valence-electron chi connectivity index (χ0n) is 12.0. The van der Waals surface area contributed by atoms with Gasteiger partial charge in [-0.2, -0.15) is 0 Å². The second-order valence-corrected chi connectivity index (χ2v) is 6.85. The summed E-state index contributed by atoms with van der Waals surface area (Å²) in [6, 6.07) is 3.72. The maximum Gasteiger partial charge on any atom is 0.256 e. The number of hydrogen-bond acceptors (Lipinski definition) is 4. The number of carbonyl (C=O) groups excluding carboxylic acids is 1. The molecule has 0 aromatic carbocycles. The van der Waals surface area contributed by atoms with Crippen LogP contribution in [0.5, 0.6) is 0 Å². The van der Waals surface area contributed by atoms with Crippen LogP contribution in [0.3, 0.4) is 0 Å². The van der Waals surface area contributed by atoms with Gasteiger partial charge >= 0.3 is 0 Å². The summed E-state index contributed by atoms with van der Waals surface area (Å²) >= 11 is 1.79. The Balaban J connectivity index is 1.63. The van der Waals surface area contributed by atoms with Crippen LogP contribution >= 0.6 is 11.3 Å². The Hall–Kier alpha value is -1.75. The number of pyridine rings is 1. The van der Waals surface area contributed by atoms with Crippen molar-refractivity contribution in [2.45, 2.75) is 45.2 Å². The van der Waals surface area contributed by atoms with Crippen molar-refractivity contribution in [1.29, 1.82) is 0 Å². The van der Waals surface area contributed by atoms with E-state index in [1.165, 1.54) is 23.4 Å². The van der Waals surface area contributed by atoms with Crippen molar-refractivity contribution in [3.8, 4) is 0 Å². The third-order valence-corrected chi connectivity index (χ3v) is 5.72. The SMILES string of the molecule is CC(c1nc2c(s1)CCCC2)N1Cc2ncccc2C1=O. The zero-order valence-corrected chi connectivity index (χ0v) is 12.8. The number of aryl methyl sites for hydroxylation is 2. The van der Waals surface area contributed by atoms with Gasteiger partial charge in [0, 0.05) is 11.1 Å². The van der Waals surface area contributed by atoms with Crippen LogP contribution in [0.1, 0.15) is 57.4 Å². The van der Waals surface area contributed by atoms with Gasteiger partial charge in [0.15, 0.2) is 0 Å². The largest absolute Gasteiger partial charge is 0.323 e. The molecule has 3 heterocycles. The Morgan fingerprint density at radius 1 is 1.29 bits per heavy atom. The van der Waals surface area contributed by atoms with E-state index in [1.54, 1.807) is 17.5 Å². The van der Waals surface area contributed by atoms with Crippen LogP contribution in [0.4, 0.5) is 0 Å². The maximum atomic E-state index is 12.5. The number of hydrogen-bond donors (Lipinski definition) is 0. The van der Waals surface area contributed by atoms with Crippen LogP contribution in [-0.4, -0.2) is 20.8 Å². The fourth-order valence-corrected chi connectivity index (χ4v) is 4.36. The zero-order chi connectivity index (χ0) is 14.4. The van der Waals surface area contributed by atoms with Gasteiger partial charge in [-0.1, -0.05) is 0 Å². The highest BCUT2D eigenvalue weighted by atomic mass is 32.1. The van der Waals surface area contributed by atoms with Gasteiger partial charge in [-0.3, -0.25) is 9.78 Å². The predicted octanol–water partition coefficient (Wildman–Crippen LogP) is 3.13. The van der Waals surface area contributed by atoms with Crippen LogP contribution in [-0.2, 0) is 19.4 Å². The minimum absolute atomic E-state index is 0.0299. The molecule has 0 spiro atoms. The van der Waals surface area contributed by atoms with Gasteiger partial charge in [-0.15, -0.1) is 11.3 Å². The van der Waals surface area contributed by atoms with Gasteiger partial charge in [-0.05, 0) is 44.7 Å². The molecule has 0 bridgehead atoms. The molecule has 4 rings (SSSR count). The number of thiazole rings is 1. The number of carbonyl (C=O) groups is 1. The monoisotopic (exact) mass is 299 g/mol. The van der Waals surface area contributed by atoms with E-state index in [0.717, 1.165) is 29.1 Å². The summed E-state index contributed by atoms with van der Waals surface area (Å²) in [5.41, 5.74) is 2.89. The van der Waals surface area contributed by atoms with Crippen molar-refractivity contribution in [2.75, 3.05) is 0 Å². The highest BCUT2D eigenvalue weighted by Crippen LogP contribution is 2.35. The van der Waals surface area contributed by atoms with E-state index in [0.29, 0.717) is 6.54 Å². The lowest BCUT2D eigenvalue weighted by Crippen LogP contribution is -2.27. The lowest BCUT2D eigenvalue weighted by atomic mass is 10.0. The van der Waals surface area contributed by atoms with Gasteiger partial charge in [-0.25, -0.2) is 4.98 Å². The standard InChI is InChI=1S/C16H17N3OS/c1-10(15-18-12-6-2-3-7-14(12)21-15)19-9-13-11(16(19)20)5-4-8-17-13/h4-5,8,10H,2-3,6-7,9H2,1H3. The molecule has 5 heteroatoms. The minimum atomic E-state index is 0.0299. The van der Waals surface area contributed by atoms with E-state index >= 15 is 0 Å². The number of aromatic nitrogens is 2. The van der Waals surface area contributed by atoms with Gasteiger partial charge < -0.3 is 4.90 Å². The van der Waals surface area contributed by atoms with Crippen molar-refractivity contribution < 1.29 is 4.79 Å². The second kappa shape index (κ2) is 4.91. The molecule has 0 N–H and O–H groups in total. The first-order valence-corrected chi connectivity index (χ1v) is 8.29. The number of rotatable bonds is 2. The summed E-state index contributed by atoms with van der Waals surface area (Å²) in [7, 11) is 0. The van der Waals surface area contributed by atoms with Crippen LogP contribution in [0.2, 0.25) is 0 Å². The van der Waals surface area contributed by atoms with Gasteiger partial charge in [0.25, 0.3) is 5.91 Å². The second-order valence-electron chi connectivity index (χ2n) is 5.74. The molecule has 4 nitrogen and oxygen atoms in total. The van der Waals surface area contributed by atoms with E-state index < -0.39 is 0 Å². The van der Waals surface area contributed by atoms with Crippen LogP contribution in [0, 0.1) is 0 Å². The van der Waals surface area contributed by atoms with Crippen molar-refractivity contribution in [1.82, 2.24) is 14.9 Å². The summed E-state index contributed by atoms with van der Waals surface area (Å²) in [6.07, 6.45) is 6.50. The van der Waals surface area contributed by atoms with Crippen molar-refractivity contribution >= 4 is 17.2 Å². The third kappa shape index (κ3) is 2.07. The minimum Gasteiger partial charge on any atom is -0.323 e. The molecule has 0 saturated heterocycles. The fourth-order valence-electron chi connectivity index (χ4n) is 3.14. The summed E-state index contributed by atoms with van der Waals surface area (Å²) in [6.45, 7) is 2.68. The molecule has 1 aliphatic heterocycles. The first-order valence-electron chi connectivity index (χ1n) is 7.47. The van der Waals surface area contributed by atoms with E-state index in [1.807, 2.05) is 17.0 Å². The topological polar surface area (TPSA) is 46.1 Å². The molecular weight excluding hydrogens is 282 g/mol. The number of nitrogens with zero attached hydrogens (tertiary/aromatic N) is 3. The van der Waals surface area contributed by atoms with Crippen LogP contribution in [0.15, 0.2) is 18.3 Å². The molecule has 0 radical (unpaired) electrons. The first-order chi connectivity index (χ1) is 10.2. The Kier molecular flexibility index (Phi) is 3.03. The smallest absolute Gasteiger partial charge is 0.256 e. The van der Waals surface area contributed by atoms with Crippen LogP contribution < -0.4 is 0 Å².